The zero-order chi connectivity index (χ0) is 63.6. The Hall–Kier alpha value is -5.74. The van der Waals surface area contributed by atoms with Gasteiger partial charge >= 0.3 is 21.7 Å². The first-order valence-electron chi connectivity index (χ1n) is 32.6. The topological polar surface area (TPSA) is 0 Å². The van der Waals surface area contributed by atoms with Crippen molar-refractivity contribution in [3.63, 3.8) is 0 Å². The fraction of sp³-hybridized carbons (Fsp3) is 0.333. The van der Waals surface area contributed by atoms with Crippen molar-refractivity contribution in [2.75, 3.05) is 0 Å². The normalized spacial score (nSPS) is 13.7. The van der Waals surface area contributed by atoms with Crippen molar-refractivity contribution < 1.29 is 58.9 Å². The monoisotopic (exact) mass is 1320 g/mol. The van der Waals surface area contributed by atoms with Crippen molar-refractivity contribution >= 4 is 23.6 Å². The molecular formula is C87H99Cl3SiTi. The van der Waals surface area contributed by atoms with Gasteiger partial charge in [0.25, 0.3) is 0 Å². The summed E-state index contributed by atoms with van der Waals surface area (Å²) in [5.74, 6) is 0. The Kier molecular flexibility index (Phi) is 24.5. The molecule has 9 aromatic carbocycles. The molecule has 0 aromatic heterocycles. The van der Waals surface area contributed by atoms with E-state index in [4.69, 9.17) is 0 Å². The summed E-state index contributed by atoms with van der Waals surface area (Å²) in [7, 11) is -3.56. The molecule has 0 bridgehead atoms. The van der Waals surface area contributed by atoms with Gasteiger partial charge in [0.15, 0.2) is 0 Å². The zero-order valence-electron chi connectivity index (χ0n) is 59.5. The van der Waals surface area contributed by atoms with Crippen LogP contribution in [-0.4, -0.2) is 8.07 Å². The average Bonchev–Trinajstić information content (AvgIpc) is 1.28. The van der Waals surface area contributed by atoms with E-state index in [1.54, 1.807) is 0 Å². The van der Waals surface area contributed by atoms with Crippen molar-refractivity contribution in [1.29, 1.82) is 0 Å². The van der Waals surface area contributed by atoms with E-state index in [2.05, 4.69) is 286 Å². The van der Waals surface area contributed by atoms with Crippen molar-refractivity contribution in [3.8, 4) is 0 Å². The summed E-state index contributed by atoms with van der Waals surface area (Å²) in [5.41, 5.74) is 45.2. The van der Waals surface area contributed by atoms with Gasteiger partial charge in [-0.15, -0.1) is 6.92 Å². The largest absolute Gasteiger partial charge is 4.00 e. The molecule has 0 heterocycles. The Morgan fingerprint density at radius 2 is 0.424 bits per heavy atom. The molecular weight excluding hydrogens is 1230 g/mol. The van der Waals surface area contributed by atoms with Crippen molar-refractivity contribution in [1.82, 2.24) is 0 Å². The third-order valence-electron chi connectivity index (χ3n) is 20.8. The minimum atomic E-state index is -3.56. The molecule has 1 aliphatic carbocycles. The molecule has 0 amide bonds. The molecule has 92 heavy (non-hydrogen) atoms. The third kappa shape index (κ3) is 15.2. The van der Waals surface area contributed by atoms with Crippen LogP contribution in [0.3, 0.4) is 0 Å². The van der Waals surface area contributed by atoms with E-state index in [0.717, 1.165) is 38.5 Å². The molecule has 0 fully saturated rings. The van der Waals surface area contributed by atoms with Crippen LogP contribution in [-0.2, 0) is 60.2 Å². The molecule has 476 valence electrons. The Morgan fingerprint density at radius 1 is 0.261 bits per heavy atom. The zero-order valence-corrected chi connectivity index (χ0v) is 64.3. The van der Waals surface area contributed by atoms with Crippen molar-refractivity contribution in [2.24, 2.45) is 0 Å². The quantitative estimate of drug-likeness (QED) is 0.0514. The molecule has 10 rings (SSSR count). The molecule has 1 aliphatic rings. The number of aryl methyl sites for hydroxylation is 18. The predicted molar refractivity (Wildman–Crippen MR) is 384 cm³/mol. The summed E-state index contributed by atoms with van der Waals surface area (Å²) < 4.78 is 0. The number of rotatable bonds is 16. The molecule has 5 heteroatoms. The molecule has 0 spiro atoms. The van der Waals surface area contributed by atoms with Gasteiger partial charge in [0.1, 0.15) is 8.07 Å². The summed E-state index contributed by atoms with van der Waals surface area (Å²) in [4.78, 5) is 0. The van der Waals surface area contributed by atoms with Crippen LogP contribution in [0.5, 0.6) is 0 Å². The van der Waals surface area contributed by atoms with Crippen molar-refractivity contribution in [3.05, 3.63) is 317 Å². The maximum atomic E-state index is 4.53. The minimum absolute atomic E-state index is 0. The van der Waals surface area contributed by atoms with Crippen LogP contribution in [0.15, 0.2) is 144 Å². The van der Waals surface area contributed by atoms with E-state index < -0.39 is 13.1 Å². The molecule has 1 atom stereocenters. The van der Waals surface area contributed by atoms with Crippen LogP contribution in [0.25, 0.3) is 0 Å². The SMILES string of the molecule is CC1=[C-]C(C)([Si](c2cc(Cc3c(C)cc(C)cc3C)cc(Cc3c(C)cc(C)cc3C)c2)(c2cc(Cc3c(C)cc(C)cc3C)cc(Cc3c(C)cc(C)cc3C)c2)c2cc(Cc3c(C)cc(C)cc3C)cc(Cc3c(C)cc(C)cc3C)c2)C(C)=C1C.[Cl-].[Cl-].[Cl-].[Ti+4]. The van der Waals surface area contributed by atoms with Crippen molar-refractivity contribution in [2.45, 2.75) is 196 Å². The first-order valence-corrected chi connectivity index (χ1v) is 34.6. The summed E-state index contributed by atoms with van der Waals surface area (Å²) in [6.45, 7) is 51.3. The van der Waals surface area contributed by atoms with Crippen LogP contribution in [0.2, 0.25) is 5.04 Å². The summed E-state index contributed by atoms with van der Waals surface area (Å²) in [5, 5.41) is 3.86. The number of allylic oxidation sites excluding steroid dienone is 4. The predicted octanol–water partition coefficient (Wildman–Crippen LogP) is 11.1. The fourth-order valence-corrected chi connectivity index (χ4v) is 22.9. The van der Waals surface area contributed by atoms with E-state index in [-0.39, 0.29) is 58.9 Å². The second kappa shape index (κ2) is 29.9. The molecule has 0 aliphatic heterocycles. The van der Waals surface area contributed by atoms with Gasteiger partial charge in [0.05, 0.1) is 0 Å². The molecule has 0 radical (unpaired) electrons. The smallest absolute Gasteiger partial charge is 1.00 e. The maximum absolute atomic E-state index is 4.53. The fourth-order valence-electron chi connectivity index (χ4n) is 16.7. The number of hydrogen-bond donors (Lipinski definition) is 0. The first kappa shape index (κ1) is 75.3. The van der Waals surface area contributed by atoms with E-state index >= 15 is 0 Å². The summed E-state index contributed by atoms with van der Waals surface area (Å²) in [6, 6.07) is 52.9. The minimum Gasteiger partial charge on any atom is -1.00 e. The van der Waals surface area contributed by atoms with E-state index in [1.807, 2.05) is 0 Å². The number of halogens is 3. The van der Waals surface area contributed by atoms with E-state index in [1.165, 1.54) is 199 Å². The van der Waals surface area contributed by atoms with Crippen LogP contribution in [0.1, 0.15) is 195 Å². The Morgan fingerprint density at radius 3 is 0.565 bits per heavy atom. The van der Waals surface area contributed by atoms with Crippen LogP contribution >= 0.6 is 0 Å². The first-order chi connectivity index (χ1) is 41.5. The summed E-state index contributed by atoms with van der Waals surface area (Å²) in [6.07, 6.45) is 9.64. The van der Waals surface area contributed by atoms with Crippen LogP contribution < -0.4 is 52.8 Å². The van der Waals surface area contributed by atoms with E-state index in [9.17, 15) is 0 Å². The van der Waals surface area contributed by atoms with Gasteiger partial charge < -0.3 is 37.2 Å². The van der Waals surface area contributed by atoms with Gasteiger partial charge in [0.2, 0.25) is 0 Å². The number of benzene rings is 9. The second-order valence-electron chi connectivity index (χ2n) is 28.3. The molecule has 0 saturated carbocycles. The molecule has 9 aromatic rings. The third-order valence-corrected chi connectivity index (χ3v) is 26.3. The Labute approximate surface area is 590 Å². The van der Waals surface area contributed by atoms with Gasteiger partial charge in [-0.25, -0.2) is 5.57 Å². The molecule has 1 unspecified atom stereocenters. The second-order valence-corrected chi connectivity index (χ2v) is 32.5. The average molecular weight is 1330 g/mol. The molecule has 0 saturated heterocycles. The Bertz CT molecular complexity index is 3590. The van der Waals surface area contributed by atoms with Gasteiger partial charge in [-0.05, 0) is 312 Å². The number of hydrogen-bond acceptors (Lipinski definition) is 0. The Balaban J connectivity index is 0.00000336. The van der Waals surface area contributed by atoms with Gasteiger partial charge in [-0.1, -0.05) is 187 Å². The maximum Gasteiger partial charge on any atom is 4.00 e. The van der Waals surface area contributed by atoms with Gasteiger partial charge in [-0.3, -0.25) is 6.08 Å². The summed E-state index contributed by atoms with van der Waals surface area (Å²) >= 11 is 0. The van der Waals surface area contributed by atoms with E-state index in [0.29, 0.717) is 0 Å². The van der Waals surface area contributed by atoms with Crippen LogP contribution in [0, 0.1) is 131 Å². The van der Waals surface area contributed by atoms with Crippen LogP contribution in [0.4, 0.5) is 0 Å². The molecule has 0 nitrogen and oxygen atoms in total. The van der Waals surface area contributed by atoms with Gasteiger partial charge in [0, 0.05) is 0 Å². The van der Waals surface area contributed by atoms with Gasteiger partial charge in [-0.2, -0.15) is 11.1 Å². The standard InChI is InChI=1S/C87H99Si.3ClH.Ti/c1-51-23-57(7)81(58(8)24-51)44-72-35-73(45-82-59(9)25-52(2)26-60(82)10)39-78(38-72)88(87(22)50-69(19)70(20)71(87)21,79-40-74(46-83-61(11)27-53(3)28-62(83)12)36-75(41-79)47-84-63(13)29-54(4)30-64(84)14)80-42-76(48-85-65(15)31-55(5)32-66(85)16)37-77(43-80)49-86-67(17)33-56(6)34-68(86)18;;;;/h23-43H,44-49H2,1-22H3;3*1H;/q-1;;;;+4/p-3. The molecule has 0 N–H and O–H groups in total.